The van der Waals surface area contributed by atoms with E-state index < -0.39 is 0 Å². The molecule has 2 heterocycles. The van der Waals surface area contributed by atoms with Crippen molar-refractivity contribution in [3.63, 3.8) is 0 Å². The summed E-state index contributed by atoms with van der Waals surface area (Å²) in [4.78, 5) is 2.34. The third-order valence-electron chi connectivity index (χ3n) is 4.99. The second kappa shape index (κ2) is 10.8. The minimum absolute atomic E-state index is 0.250. The van der Waals surface area contributed by atoms with Gasteiger partial charge >= 0.3 is 0 Å². The summed E-state index contributed by atoms with van der Waals surface area (Å²) >= 11 is 0. The fourth-order valence-electron chi connectivity index (χ4n) is 3.54. The molecule has 0 fully saturated rings. The van der Waals surface area contributed by atoms with Gasteiger partial charge in [-0.25, -0.2) is 0 Å². The number of aromatic nitrogens is 1. The Hall–Kier alpha value is -2.56. The van der Waals surface area contributed by atoms with Crippen molar-refractivity contribution in [2.45, 2.75) is 26.7 Å². The molecule has 0 unspecified atom stereocenters. The largest absolute Gasteiger partial charge is 0.397 e. The first-order valence-corrected chi connectivity index (χ1v) is 10.3. The summed E-state index contributed by atoms with van der Waals surface area (Å²) in [5.74, 6) is 0. The summed E-state index contributed by atoms with van der Waals surface area (Å²) < 4.78 is 2.30. The number of likely N-dealkylation sites (N-methyl/N-ethyl adjacent to an activating group) is 1. The molecular formula is C25H35N3O. The van der Waals surface area contributed by atoms with Crippen molar-refractivity contribution in [2.75, 3.05) is 39.2 Å². The van der Waals surface area contributed by atoms with Crippen LogP contribution < -0.4 is 10.2 Å². The number of aliphatic hydroxyl groups excluding tert-OH is 1. The molecule has 2 N–H and O–H groups in total. The number of hydrogen-bond donors (Lipinski definition) is 2. The zero-order valence-electron chi connectivity index (χ0n) is 18.5. The summed E-state index contributed by atoms with van der Waals surface area (Å²) in [6, 6.07) is 15.4. The molecule has 0 saturated carbocycles. The Morgan fingerprint density at radius 3 is 2.45 bits per heavy atom. The number of nitrogens with zero attached hydrogens (tertiary/aromatic N) is 2. The molecule has 0 radical (unpaired) electrons. The van der Waals surface area contributed by atoms with Gasteiger partial charge in [0.05, 0.1) is 5.52 Å². The predicted octanol–water partition coefficient (Wildman–Crippen LogP) is 4.88. The first-order chi connectivity index (χ1) is 14.0. The van der Waals surface area contributed by atoms with Crippen LogP contribution in [0.2, 0.25) is 0 Å². The number of hydrogen-bond acceptors (Lipinski definition) is 3. The van der Waals surface area contributed by atoms with E-state index in [-0.39, 0.29) is 6.61 Å². The Balaban J connectivity index is 0.000000449. The monoisotopic (exact) mass is 393 g/mol. The lowest BCUT2D eigenvalue weighted by atomic mass is 10.0. The van der Waals surface area contributed by atoms with Gasteiger partial charge in [-0.2, -0.15) is 0 Å². The zero-order chi connectivity index (χ0) is 21.4. The minimum atomic E-state index is 0.250. The average Bonchev–Trinajstić information content (AvgIpc) is 3.29. The first kappa shape index (κ1) is 22.7. The Bertz CT molecular complexity index is 940. The molecule has 0 spiro atoms. The number of rotatable bonds is 3. The second-order valence-electron chi connectivity index (χ2n) is 7.19. The van der Waals surface area contributed by atoms with Gasteiger partial charge in [-0.05, 0) is 63.2 Å². The lowest BCUT2D eigenvalue weighted by Gasteiger charge is -2.14. The highest BCUT2D eigenvalue weighted by molar-refractivity contribution is 5.94. The Kier molecular flexibility index (Phi) is 8.50. The number of aliphatic hydroxyl groups is 1. The van der Waals surface area contributed by atoms with Gasteiger partial charge in [-0.3, -0.25) is 0 Å². The van der Waals surface area contributed by atoms with Gasteiger partial charge in [0.15, 0.2) is 0 Å². The van der Waals surface area contributed by atoms with Crippen LogP contribution >= 0.6 is 0 Å². The highest BCUT2D eigenvalue weighted by Gasteiger charge is 2.17. The Labute approximate surface area is 175 Å². The zero-order valence-corrected chi connectivity index (χ0v) is 18.5. The van der Waals surface area contributed by atoms with Gasteiger partial charge in [0.1, 0.15) is 0 Å². The number of para-hydroxylation sites is 1. The molecule has 4 heteroatoms. The molecule has 0 saturated heterocycles. The molecule has 0 amide bonds. The van der Waals surface area contributed by atoms with Crippen LogP contribution in [-0.2, 0) is 6.42 Å². The van der Waals surface area contributed by atoms with E-state index in [1.807, 2.05) is 14.1 Å². The molecule has 4 rings (SSSR count). The van der Waals surface area contributed by atoms with Crippen LogP contribution in [-0.4, -0.2) is 44.0 Å². The van der Waals surface area contributed by atoms with E-state index in [9.17, 15) is 0 Å². The maximum atomic E-state index is 7.57. The standard InChI is InChI=1S/C21H22N2.C2H7N.C2H6O/c1-4-15(2)19-14-23(20-8-6-5-7-18(19)20)17-10-9-16-11-12-22(3)21(16)13-17;1-3-2;1-2-3/h5-10,13-14H,2,4,11-12H2,1,3H3;3H,1-2H3;3H,2H2,1H3. The quantitative estimate of drug-likeness (QED) is 0.666. The van der Waals surface area contributed by atoms with Gasteiger partial charge in [0, 0.05) is 48.7 Å². The third-order valence-corrected chi connectivity index (χ3v) is 4.99. The highest BCUT2D eigenvalue weighted by atomic mass is 16.2. The SMILES string of the molecule is C=C(CC)c1cn(-c2ccc3c(c2)N(C)CC3)c2ccccc12.CCO.CNC. The van der Waals surface area contributed by atoms with Gasteiger partial charge in [0.25, 0.3) is 0 Å². The first-order valence-electron chi connectivity index (χ1n) is 10.3. The number of anilines is 1. The van der Waals surface area contributed by atoms with Crippen molar-refractivity contribution in [3.05, 3.63) is 66.4 Å². The molecule has 0 aliphatic carbocycles. The van der Waals surface area contributed by atoms with E-state index in [2.05, 4.69) is 84.0 Å². The molecular weight excluding hydrogens is 358 g/mol. The van der Waals surface area contributed by atoms with Crippen LogP contribution in [0, 0.1) is 0 Å². The van der Waals surface area contributed by atoms with Crippen molar-refractivity contribution < 1.29 is 5.11 Å². The van der Waals surface area contributed by atoms with Crippen LogP contribution in [0.15, 0.2) is 55.2 Å². The maximum Gasteiger partial charge on any atom is 0.0534 e. The van der Waals surface area contributed by atoms with Crippen molar-refractivity contribution >= 4 is 22.2 Å². The number of nitrogens with one attached hydrogen (secondary N) is 1. The van der Waals surface area contributed by atoms with Crippen molar-refractivity contribution in [1.29, 1.82) is 0 Å². The molecule has 0 bridgehead atoms. The molecule has 2 aromatic carbocycles. The lowest BCUT2D eigenvalue weighted by molar-refractivity contribution is 0.318. The Morgan fingerprint density at radius 1 is 1.14 bits per heavy atom. The van der Waals surface area contributed by atoms with Gasteiger partial charge in [0.2, 0.25) is 0 Å². The molecule has 1 aromatic heterocycles. The molecule has 1 aliphatic rings. The third kappa shape index (κ3) is 5.08. The smallest absolute Gasteiger partial charge is 0.0534 e. The molecule has 1 aliphatic heterocycles. The summed E-state index contributed by atoms with van der Waals surface area (Å²) in [6.45, 7) is 9.46. The van der Waals surface area contributed by atoms with Crippen LogP contribution in [0.3, 0.4) is 0 Å². The van der Waals surface area contributed by atoms with E-state index in [4.69, 9.17) is 5.11 Å². The molecule has 29 heavy (non-hydrogen) atoms. The fraction of sp³-hybridized carbons (Fsp3) is 0.360. The van der Waals surface area contributed by atoms with E-state index in [1.165, 1.54) is 39.0 Å². The Morgan fingerprint density at radius 2 is 1.79 bits per heavy atom. The number of fused-ring (bicyclic) bond motifs is 2. The maximum absolute atomic E-state index is 7.57. The molecule has 0 atom stereocenters. The molecule has 3 aromatic rings. The van der Waals surface area contributed by atoms with Gasteiger partial charge in [-0.15, -0.1) is 0 Å². The van der Waals surface area contributed by atoms with Crippen molar-refractivity contribution in [2.24, 2.45) is 0 Å². The van der Waals surface area contributed by atoms with E-state index >= 15 is 0 Å². The van der Waals surface area contributed by atoms with Crippen LogP contribution in [0.5, 0.6) is 0 Å². The number of benzene rings is 2. The average molecular weight is 394 g/mol. The predicted molar refractivity (Wildman–Crippen MR) is 127 cm³/mol. The lowest BCUT2D eigenvalue weighted by Crippen LogP contribution is -2.12. The summed E-state index contributed by atoms with van der Waals surface area (Å²) in [6.07, 6.45) is 4.37. The van der Waals surface area contributed by atoms with E-state index in [0.717, 1.165) is 19.4 Å². The topological polar surface area (TPSA) is 40.4 Å². The summed E-state index contributed by atoms with van der Waals surface area (Å²) in [5.41, 5.74) is 7.73. The van der Waals surface area contributed by atoms with Crippen LogP contribution in [0.1, 0.15) is 31.4 Å². The second-order valence-corrected chi connectivity index (χ2v) is 7.19. The fourth-order valence-corrected chi connectivity index (χ4v) is 3.54. The van der Waals surface area contributed by atoms with Crippen molar-refractivity contribution in [1.82, 2.24) is 9.88 Å². The van der Waals surface area contributed by atoms with E-state index in [1.54, 1.807) is 6.92 Å². The summed E-state index contributed by atoms with van der Waals surface area (Å²) in [5, 5.41) is 11.6. The van der Waals surface area contributed by atoms with Crippen LogP contribution in [0.4, 0.5) is 5.69 Å². The van der Waals surface area contributed by atoms with Gasteiger partial charge < -0.3 is 19.9 Å². The van der Waals surface area contributed by atoms with Crippen LogP contribution in [0.25, 0.3) is 22.2 Å². The molecule has 4 nitrogen and oxygen atoms in total. The molecule has 156 valence electrons. The minimum Gasteiger partial charge on any atom is -0.397 e. The van der Waals surface area contributed by atoms with Crippen molar-refractivity contribution in [3.8, 4) is 5.69 Å². The van der Waals surface area contributed by atoms with E-state index in [0.29, 0.717) is 0 Å². The van der Waals surface area contributed by atoms with Gasteiger partial charge in [-0.1, -0.05) is 37.8 Å². The number of allylic oxidation sites excluding steroid dienone is 1. The summed E-state index contributed by atoms with van der Waals surface area (Å²) in [7, 11) is 5.92. The normalized spacial score (nSPS) is 12.0. The highest BCUT2D eigenvalue weighted by Crippen LogP contribution is 2.33.